The van der Waals surface area contributed by atoms with Crippen molar-refractivity contribution in [3.63, 3.8) is 0 Å². The predicted molar refractivity (Wildman–Crippen MR) is 104 cm³/mol. The average Bonchev–Trinajstić information content (AvgIpc) is 2.58. The molecule has 0 aromatic carbocycles. The molecule has 3 N–H and O–H groups in total. The fourth-order valence-corrected chi connectivity index (χ4v) is 3.40. The molecule has 3 heteroatoms. The van der Waals surface area contributed by atoms with Crippen molar-refractivity contribution >= 4 is 5.91 Å². The van der Waals surface area contributed by atoms with Crippen LogP contribution in [0.15, 0.2) is 0 Å². The van der Waals surface area contributed by atoms with Gasteiger partial charge in [-0.25, -0.2) is 0 Å². The Bertz CT molecular complexity index is 288. The van der Waals surface area contributed by atoms with Crippen LogP contribution in [0, 0.1) is 5.41 Å². The molecule has 0 aliphatic carbocycles. The number of carbonyl (C=O) groups is 1. The van der Waals surface area contributed by atoms with Gasteiger partial charge in [0.15, 0.2) is 0 Å². The van der Waals surface area contributed by atoms with E-state index in [-0.39, 0.29) is 12.5 Å². The average molecular weight is 342 g/mol. The smallest absolute Gasteiger partial charge is 0.225 e. The van der Waals surface area contributed by atoms with E-state index in [9.17, 15) is 9.90 Å². The lowest BCUT2D eigenvalue weighted by Crippen LogP contribution is -2.39. The molecule has 1 amide bonds. The van der Waals surface area contributed by atoms with E-state index < -0.39 is 5.41 Å². The number of nitrogens with two attached hydrogens (primary N) is 1. The Morgan fingerprint density at radius 2 is 1.12 bits per heavy atom. The number of rotatable bonds is 18. The highest BCUT2D eigenvalue weighted by Gasteiger charge is 2.33. The highest BCUT2D eigenvalue weighted by molar-refractivity contribution is 5.80. The van der Waals surface area contributed by atoms with Gasteiger partial charge in [-0.3, -0.25) is 4.79 Å². The van der Waals surface area contributed by atoms with Crippen molar-refractivity contribution in [1.82, 2.24) is 0 Å². The summed E-state index contributed by atoms with van der Waals surface area (Å²) in [6.07, 6.45) is 19.9. The van der Waals surface area contributed by atoms with Crippen LogP contribution in [-0.4, -0.2) is 17.6 Å². The standard InChI is InChI=1S/C21H43NO2/c1-3-5-6-7-8-9-10-11-12-13-14-15-16-17-18-21(4-2,19-23)20(22)24/h23H,3-19H2,1-2H3,(H2,22,24). The first-order valence-corrected chi connectivity index (χ1v) is 10.5. The van der Waals surface area contributed by atoms with Crippen molar-refractivity contribution in [2.24, 2.45) is 11.1 Å². The van der Waals surface area contributed by atoms with Crippen LogP contribution in [0.3, 0.4) is 0 Å². The molecule has 0 spiro atoms. The number of hydrogen-bond acceptors (Lipinski definition) is 2. The second kappa shape index (κ2) is 15.9. The molecule has 0 saturated heterocycles. The van der Waals surface area contributed by atoms with Crippen LogP contribution < -0.4 is 5.73 Å². The largest absolute Gasteiger partial charge is 0.395 e. The minimum Gasteiger partial charge on any atom is -0.395 e. The van der Waals surface area contributed by atoms with E-state index in [0.29, 0.717) is 6.42 Å². The SMILES string of the molecule is CCCCCCCCCCCCCCCCC(CC)(CO)C(N)=O. The molecule has 0 saturated carbocycles. The predicted octanol–water partition coefficient (Wildman–Crippen LogP) is 5.73. The van der Waals surface area contributed by atoms with Crippen LogP contribution in [0.4, 0.5) is 0 Å². The molecule has 1 atom stereocenters. The molecule has 0 fully saturated rings. The maximum Gasteiger partial charge on any atom is 0.225 e. The van der Waals surface area contributed by atoms with Crippen LogP contribution in [0.25, 0.3) is 0 Å². The summed E-state index contributed by atoms with van der Waals surface area (Å²) < 4.78 is 0. The Kier molecular flexibility index (Phi) is 15.6. The van der Waals surface area contributed by atoms with Gasteiger partial charge < -0.3 is 10.8 Å². The van der Waals surface area contributed by atoms with Gasteiger partial charge in [0.1, 0.15) is 0 Å². The van der Waals surface area contributed by atoms with Crippen molar-refractivity contribution in [3.8, 4) is 0 Å². The summed E-state index contributed by atoms with van der Waals surface area (Å²) in [6.45, 7) is 4.09. The molecule has 3 nitrogen and oxygen atoms in total. The van der Waals surface area contributed by atoms with Gasteiger partial charge in [0.25, 0.3) is 0 Å². The normalized spacial score (nSPS) is 13.8. The number of hydrogen-bond donors (Lipinski definition) is 2. The Hall–Kier alpha value is -0.570. The van der Waals surface area contributed by atoms with Gasteiger partial charge in [0, 0.05) is 0 Å². The van der Waals surface area contributed by atoms with E-state index in [1.807, 2.05) is 6.92 Å². The number of unbranched alkanes of at least 4 members (excludes halogenated alkanes) is 13. The minimum absolute atomic E-state index is 0.114. The van der Waals surface area contributed by atoms with Gasteiger partial charge >= 0.3 is 0 Å². The summed E-state index contributed by atoms with van der Waals surface area (Å²) in [5.41, 5.74) is 4.76. The quantitative estimate of drug-likeness (QED) is 0.313. The Morgan fingerprint density at radius 1 is 0.750 bits per heavy atom. The van der Waals surface area contributed by atoms with E-state index in [4.69, 9.17) is 5.73 Å². The molecule has 0 aromatic rings. The molecular weight excluding hydrogens is 298 g/mol. The lowest BCUT2D eigenvalue weighted by atomic mass is 9.80. The highest BCUT2D eigenvalue weighted by Crippen LogP contribution is 2.28. The third-order valence-electron chi connectivity index (χ3n) is 5.51. The van der Waals surface area contributed by atoms with Gasteiger partial charge in [0.05, 0.1) is 12.0 Å². The van der Waals surface area contributed by atoms with Gasteiger partial charge in [-0.15, -0.1) is 0 Å². The van der Waals surface area contributed by atoms with E-state index >= 15 is 0 Å². The molecule has 1 unspecified atom stereocenters. The molecule has 0 aromatic heterocycles. The van der Waals surface area contributed by atoms with Crippen molar-refractivity contribution in [1.29, 1.82) is 0 Å². The number of carbonyl (C=O) groups excluding carboxylic acids is 1. The van der Waals surface area contributed by atoms with Crippen LogP contribution >= 0.6 is 0 Å². The second-order valence-corrected chi connectivity index (χ2v) is 7.50. The second-order valence-electron chi connectivity index (χ2n) is 7.50. The lowest BCUT2D eigenvalue weighted by Gasteiger charge is -2.26. The van der Waals surface area contributed by atoms with E-state index in [0.717, 1.165) is 19.3 Å². The number of aliphatic hydroxyl groups excluding tert-OH is 1. The molecular formula is C21H43NO2. The number of primary amides is 1. The molecule has 24 heavy (non-hydrogen) atoms. The minimum atomic E-state index is -0.683. The lowest BCUT2D eigenvalue weighted by molar-refractivity contribution is -0.130. The maximum absolute atomic E-state index is 11.5. The van der Waals surface area contributed by atoms with Crippen molar-refractivity contribution in [3.05, 3.63) is 0 Å². The van der Waals surface area contributed by atoms with Gasteiger partial charge in [-0.05, 0) is 12.8 Å². The molecule has 0 aliphatic rings. The van der Waals surface area contributed by atoms with E-state index in [1.54, 1.807) is 0 Å². The topological polar surface area (TPSA) is 63.3 Å². The molecule has 0 bridgehead atoms. The summed E-state index contributed by atoms with van der Waals surface area (Å²) in [5, 5.41) is 9.45. The van der Waals surface area contributed by atoms with Crippen LogP contribution in [0.1, 0.15) is 117 Å². The van der Waals surface area contributed by atoms with E-state index in [2.05, 4.69) is 6.92 Å². The zero-order chi connectivity index (χ0) is 18.1. The fourth-order valence-electron chi connectivity index (χ4n) is 3.40. The summed E-state index contributed by atoms with van der Waals surface area (Å²) in [7, 11) is 0. The van der Waals surface area contributed by atoms with Crippen molar-refractivity contribution in [2.45, 2.75) is 117 Å². The van der Waals surface area contributed by atoms with Crippen molar-refractivity contribution < 1.29 is 9.90 Å². The van der Waals surface area contributed by atoms with Crippen molar-refractivity contribution in [2.75, 3.05) is 6.61 Å². The fraction of sp³-hybridized carbons (Fsp3) is 0.952. The Balaban J connectivity index is 3.38. The monoisotopic (exact) mass is 341 g/mol. The molecule has 0 aliphatic heterocycles. The number of aliphatic hydroxyl groups is 1. The Labute approximate surface area is 150 Å². The molecule has 0 rings (SSSR count). The third kappa shape index (κ3) is 11.1. The summed E-state index contributed by atoms with van der Waals surface area (Å²) in [5.74, 6) is -0.345. The zero-order valence-corrected chi connectivity index (χ0v) is 16.5. The first kappa shape index (κ1) is 23.4. The van der Waals surface area contributed by atoms with Crippen LogP contribution in [-0.2, 0) is 4.79 Å². The third-order valence-corrected chi connectivity index (χ3v) is 5.51. The molecule has 144 valence electrons. The van der Waals surface area contributed by atoms with Gasteiger partial charge in [-0.2, -0.15) is 0 Å². The van der Waals surface area contributed by atoms with Gasteiger partial charge in [-0.1, -0.05) is 104 Å². The van der Waals surface area contributed by atoms with Crippen LogP contribution in [0.5, 0.6) is 0 Å². The van der Waals surface area contributed by atoms with Gasteiger partial charge in [0.2, 0.25) is 5.91 Å². The van der Waals surface area contributed by atoms with E-state index in [1.165, 1.54) is 77.0 Å². The summed E-state index contributed by atoms with van der Waals surface area (Å²) >= 11 is 0. The van der Waals surface area contributed by atoms with Crippen LogP contribution in [0.2, 0.25) is 0 Å². The molecule has 0 radical (unpaired) electrons. The zero-order valence-electron chi connectivity index (χ0n) is 16.5. The highest BCUT2D eigenvalue weighted by atomic mass is 16.3. The maximum atomic E-state index is 11.5. The summed E-state index contributed by atoms with van der Waals surface area (Å²) in [4.78, 5) is 11.5. The first-order chi connectivity index (χ1) is 11.6. The molecule has 0 heterocycles. The first-order valence-electron chi connectivity index (χ1n) is 10.5. The Morgan fingerprint density at radius 3 is 1.42 bits per heavy atom. The number of amides is 1. The summed E-state index contributed by atoms with van der Waals surface area (Å²) in [6, 6.07) is 0.